The van der Waals surface area contributed by atoms with Crippen LogP contribution >= 0.6 is 23.5 Å². The summed E-state index contributed by atoms with van der Waals surface area (Å²) >= 11 is 7.56. The van der Waals surface area contributed by atoms with Crippen LogP contribution in [0, 0.1) is 0 Å². The van der Waals surface area contributed by atoms with E-state index in [0.29, 0.717) is 0 Å². The number of hydrogen-bond donors (Lipinski definition) is 2. The van der Waals surface area contributed by atoms with Gasteiger partial charge in [-0.1, -0.05) is 29.8 Å². The van der Waals surface area contributed by atoms with Gasteiger partial charge >= 0.3 is 0 Å². The Hall–Kier alpha value is -2.11. The van der Waals surface area contributed by atoms with Crippen molar-refractivity contribution in [2.24, 2.45) is 7.05 Å². The fourth-order valence-corrected chi connectivity index (χ4v) is 3.48. The summed E-state index contributed by atoms with van der Waals surface area (Å²) in [5.41, 5.74) is 2.14. The zero-order chi connectivity index (χ0) is 15.1. The summed E-state index contributed by atoms with van der Waals surface area (Å²) in [6.45, 7) is 0. The van der Waals surface area contributed by atoms with Crippen molar-refractivity contribution in [1.29, 1.82) is 0 Å². The van der Waals surface area contributed by atoms with E-state index in [2.05, 4.69) is 26.9 Å². The standard InChI is InChI=1S/C16H13ClN4S/c1-21-14-5-3-2-4-12(14)16(19-21)20-22-15-9-18-13-8-10(17)6-7-11(13)15/h2-9,18H,1H3,(H,19,20). The SMILES string of the molecule is Cn1nc(NSc2c[nH]c3cc(Cl)ccc23)c2ccccc21. The second-order valence-electron chi connectivity index (χ2n) is 5.04. The highest BCUT2D eigenvalue weighted by Crippen LogP contribution is 2.32. The number of nitrogens with one attached hydrogen (secondary N) is 2. The lowest BCUT2D eigenvalue weighted by atomic mass is 10.2. The Morgan fingerprint density at radius 2 is 2.05 bits per heavy atom. The summed E-state index contributed by atoms with van der Waals surface area (Å²) in [5, 5.41) is 7.52. The molecule has 4 aromatic rings. The van der Waals surface area contributed by atoms with Crippen molar-refractivity contribution in [2.45, 2.75) is 4.90 Å². The molecule has 0 aliphatic heterocycles. The van der Waals surface area contributed by atoms with Gasteiger partial charge in [0, 0.05) is 34.6 Å². The van der Waals surface area contributed by atoms with E-state index in [1.165, 1.54) is 0 Å². The monoisotopic (exact) mass is 328 g/mol. The summed E-state index contributed by atoms with van der Waals surface area (Å²) in [4.78, 5) is 4.35. The highest BCUT2D eigenvalue weighted by molar-refractivity contribution is 8.00. The zero-order valence-electron chi connectivity index (χ0n) is 11.8. The number of nitrogens with zero attached hydrogens (tertiary/aromatic N) is 2. The lowest BCUT2D eigenvalue weighted by molar-refractivity contribution is 0.802. The fourth-order valence-electron chi connectivity index (χ4n) is 2.55. The molecule has 0 radical (unpaired) electrons. The number of rotatable bonds is 3. The molecule has 0 aliphatic rings. The molecule has 2 aromatic carbocycles. The van der Waals surface area contributed by atoms with Crippen LogP contribution in [0.1, 0.15) is 0 Å². The fraction of sp³-hybridized carbons (Fsp3) is 0.0625. The molecule has 2 aromatic heterocycles. The normalized spacial score (nSPS) is 11.4. The van der Waals surface area contributed by atoms with Crippen LogP contribution in [-0.4, -0.2) is 14.8 Å². The van der Waals surface area contributed by atoms with Crippen molar-refractivity contribution in [3.63, 3.8) is 0 Å². The molecule has 22 heavy (non-hydrogen) atoms. The van der Waals surface area contributed by atoms with Crippen LogP contribution in [0.5, 0.6) is 0 Å². The number of fused-ring (bicyclic) bond motifs is 2. The van der Waals surface area contributed by atoms with Crippen molar-refractivity contribution in [3.8, 4) is 0 Å². The average molecular weight is 329 g/mol. The summed E-state index contributed by atoms with van der Waals surface area (Å²) in [6, 6.07) is 14.0. The molecular weight excluding hydrogens is 316 g/mol. The molecule has 4 rings (SSSR count). The third-order valence-electron chi connectivity index (χ3n) is 3.62. The Kier molecular flexibility index (Phi) is 3.24. The largest absolute Gasteiger partial charge is 0.360 e. The highest BCUT2D eigenvalue weighted by Gasteiger charge is 2.10. The minimum Gasteiger partial charge on any atom is -0.360 e. The number of aromatic amines is 1. The maximum absolute atomic E-state index is 6.01. The van der Waals surface area contributed by atoms with Crippen LogP contribution in [0.15, 0.2) is 53.6 Å². The highest BCUT2D eigenvalue weighted by atomic mass is 35.5. The second-order valence-corrected chi connectivity index (χ2v) is 6.32. The number of anilines is 1. The molecule has 2 N–H and O–H groups in total. The van der Waals surface area contributed by atoms with E-state index < -0.39 is 0 Å². The Balaban J connectivity index is 1.66. The molecule has 0 spiro atoms. The van der Waals surface area contributed by atoms with Crippen LogP contribution in [0.4, 0.5) is 5.82 Å². The molecule has 0 saturated carbocycles. The van der Waals surface area contributed by atoms with E-state index in [1.54, 1.807) is 11.9 Å². The number of aryl methyl sites for hydroxylation is 1. The van der Waals surface area contributed by atoms with Gasteiger partial charge in [0.25, 0.3) is 0 Å². The number of benzene rings is 2. The van der Waals surface area contributed by atoms with E-state index in [0.717, 1.165) is 37.5 Å². The van der Waals surface area contributed by atoms with Crippen LogP contribution < -0.4 is 4.72 Å². The third-order valence-corrected chi connectivity index (χ3v) is 4.71. The third kappa shape index (κ3) is 2.23. The number of halogens is 1. The smallest absolute Gasteiger partial charge is 0.166 e. The minimum absolute atomic E-state index is 0.731. The minimum atomic E-state index is 0.731. The summed E-state index contributed by atoms with van der Waals surface area (Å²) < 4.78 is 5.23. The Morgan fingerprint density at radius 3 is 2.95 bits per heavy atom. The van der Waals surface area contributed by atoms with Crippen molar-refractivity contribution in [3.05, 3.63) is 53.7 Å². The van der Waals surface area contributed by atoms with Crippen LogP contribution in [-0.2, 0) is 7.05 Å². The first-order valence-corrected chi connectivity index (χ1v) is 8.03. The predicted octanol–water partition coefficient (Wildman–Crippen LogP) is 4.83. The van der Waals surface area contributed by atoms with Crippen LogP contribution in [0.2, 0.25) is 5.02 Å². The van der Waals surface area contributed by atoms with Gasteiger partial charge in [-0.2, -0.15) is 5.10 Å². The van der Waals surface area contributed by atoms with Gasteiger partial charge in [-0.15, -0.1) is 0 Å². The predicted molar refractivity (Wildman–Crippen MR) is 93.5 cm³/mol. The Morgan fingerprint density at radius 1 is 1.18 bits per heavy atom. The van der Waals surface area contributed by atoms with Crippen molar-refractivity contribution >= 4 is 51.2 Å². The van der Waals surface area contributed by atoms with Crippen molar-refractivity contribution in [1.82, 2.24) is 14.8 Å². The molecule has 0 aliphatic carbocycles. The van der Waals surface area contributed by atoms with Gasteiger partial charge in [-0.05, 0) is 36.2 Å². The first-order valence-electron chi connectivity index (χ1n) is 6.83. The van der Waals surface area contributed by atoms with Gasteiger partial charge < -0.3 is 9.71 Å². The number of para-hydroxylation sites is 1. The molecule has 0 fully saturated rings. The van der Waals surface area contributed by atoms with Crippen molar-refractivity contribution < 1.29 is 0 Å². The van der Waals surface area contributed by atoms with Gasteiger partial charge in [-0.3, -0.25) is 4.68 Å². The quantitative estimate of drug-likeness (QED) is 0.530. The summed E-state index contributed by atoms with van der Waals surface area (Å²) in [7, 11) is 1.95. The van der Waals surface area contributed by atoms with Gasteiger partial charge in [-0.25, -0.2) is 0 Å². The average Bonchev–Trinajstić information content (AvgIpc) is 3.07. The Labute approximate surface area is 136 Å². The zero-order valence-corrected chi connectivity index (χ0v) is 13.4. The van der Waals surface area contributed by atoms with E-state index in [1.807, 2.05) is 48.3 Å². The molecular formula is C16H13ClN4S. The molecule has 0 bridgehead atoms. The molecule has 0 unspecified atom stereocenters. The maximum Gasteiger partial charge on any atom is 0.166 e. The van der Waals surface area contributed by atoms with Gasteiger partial charge in [0.05, 0.1) is 10.4 Å². The van der Waals surface area contributed by atoms with E-state index in [-0.39, 0.29) is 0 Å². The van der Waals surface area contributed by atoms with Gasteiger partial charge in [0.2, 0.25) is 0 Å². The molecule has 2 heterocycles. The molecule has 0 atom stereocenters. The topological polar surface area (TPSA) is 45.6 Å². The molecule has 6 heteroatoms. The first kappa shape index (κ1) is 13.5. The second kappa shape index (κ2) is 5.26. The first-order chi connectivity index (χ1) is 10.7. The maximum atomic E-state index is 6.01. The molecule has 110 valence electrons. The number of aromatic nitrogens is 3. The van der Waals surface area contributed by atoms with Crippen molar-refractivity contribution in [2.75, 3.05) is 4.72 Å². The van der Waals surface area contributed by atoms with E-state index in [4.69, 9.17) is 11.6 Å². The van der Waals surface area contributed by atoms with Gasteiger partial charge in [0.1, 0.15) is 0 Å². The van der Waals surface area contributed by atoms with Crippen LogP contribution in [0.25, 0.3) is 21.8 Å². The lowest BCUT2D eigenvalue weighted by Crippen LogP contribution is -1.91. The Bertz CT molecular complexity index is 973. The van der Waals surface area contributed by atoms with Gasteiger partial charge in [0.15, 0.2) is 5.82 Å². The molecule has 0 saturated heterocycles. The summed E-state index contributed by atoms with van der Waals surface area (Å²) in [6.07, 6.45) is 1.98. The van der Waals surface area contributed by atoms with E-state index in [9.17, 15) is 0 Å². The lowest BCUT2D eigenvalue weighted by Gasteiger charge is -2.01. The number of hydrogen-bond acceptors (Lipinski definition) is 3. The molecule has 0 amide bonds. The number of H-pyrrole nitrogens is 1. The summed E-state index contributed by atoms with van der Waals surface area (Å²) in [5.74, 6) is 0.867. The molecule has 4 nitrogen and oxygen atoms in total. The van der Waals surface area contributed by atoms with Crippen LogP contribution in [0.3, 0.4) is 0 Å². The van der Waals surface area contributed by atoms with E-state index >= 15 is 0 Å².